The van der Waals surface area contributed by atoms with Gasteiger partial charge in [0.2, 0.25) is 5.91 Å². The molecule has 0 spiro atoms. The quantitative estimate of drug-likeness (QED) is 0.446. The number of aliphatic carboxylic acids is 1. The van der Waals surface area contributed by atoms with E-state index >= 15 is 0 Å². The summed E-state index contributed by atoms with van der Waals surface area (Å²) >= 11 is 4.11. The number of carboxylic acid groups (broad SMARTS) is 1. The molecule has 0 bridgehead atoms. The summed E-state index contributed by atoms with van der Waals surface area (Å²) in [5, 5.41) is 21.3. The molecular weight excluding hydrogens is 306 g/mol. The van der Waals surface area contributed by atoms with Crippen LogP contribution in [-0.4, -0.2) is 57.5 Å². The number of nitrogens with zero attached hydrogens (tertiary/aromatic N) is 1. The van der Waals surface area contributed by atoms with Gasteiger partial charge in [-0.25, -0.2) is 0 Å². The number of phenols is 1. The van der Waals surface area contributed by atoms with E-state index in [2.05, 4.69) is 17.9 Å². The van der Waals surface area contributed by atoms with Gasteiger partial charge in [0.25, 0.3) is 0 Å². The predicted octanol–water partition coefficient (Wildman–Crippen LogP) is -0.597. The number of amides is 1. The molecule has 3 unspecified atom stereocenters. The first-order chi connectivity index (χ1) is 10.4. The lowest BCUT2D eigenvalue weighted by Crippen LogP contribution is -2.53. The van der Waals surface area contributed by atoms with Gasteiger partial charge in [-0.05, 0) is 24.1 Å². The van der Waals surface area contributed by atoms with Gasteiger partial charge < -0.3 is 20.8 Å². The Balaban J connectivity index is 2.14. The summed E-state index contributed by atoms with van der Waals surface area (Å²) in [7, 11) is 0. The van der Waals surface area contributed by atoms with Gasteiger partial charge in [0, 0.05) is 11.8 Å². The van der Waals surface area contributed by atoms with E-state index in [1.165, 1.54) is 4.90 Å². The van der Waals surface area contributed by atoms with Gasteiger partial charge in [0.05, 0.1) is 12.2 Å². The summed E-state index contributed by atoms with van der Waals surface area (Å²) in [5.41, 5.74) is 6.78. The lowest BCUT2D eigenvalue weighted by Gasteiger charge is -2.26. The fraction of sp³-hybridized carbons (Fsp3) is 0.429. The van der Waals surface area contributed by atoms with Crippen LogP contribution in [0.1, 0.15) is 5.56 Å². The van der Waals surface area contributed by atoms with Crippen LogP contribution < -0.4 is 11.1 Å². The Kier molecular flexibility index (Phi) is 5.28. The van der Waals surface area contributed by atoms with Gasteiger partial charge in [-0.15, -0.1) is 0 Å². The number of hydrogen-bond donors (Lipinski definition) is 5. The number of carboxylic acids is 1. The first kappa shape index (κ1) is 16.6. The lowest BCUT2D eigenvalue weighted by molar-refractivity contribution is -0.144. The molecule has 22 heavy (non-hydrogen) atoms. The largest absolute Gasteiger partial charge is 0.508 e. The number of thiol groups is 1. The van der Waals surface area contributed by atoms with E-state index in [1.807, 2.05) is 0 Å². The summed E-state index contributed by atoms with van der Waals surface area (Å²) < 4.78 is 0. The van der Waals surface area contributed by atoms with Crippen LogP contribution in [0.2, 0.25) is 0 Å². The second-order valence-corrected chi connectivity index (χ2v) is 5.61. The number of benzene rings is 1. The minimum Gasteiger partial charge on any atom is -0.508 e. The third-order valence-corrected chi connectivity index (χ3v) is 4.01. The average molecular weight is 325 g/mol. The number of carbonyl (C=O) groups excluding carboxylic acids is 1. The Bertz CT molecular complexity index is 552. The first-order valence-electron chi connectivity index (χ1n) is 6.85. The van der Waals surface area contributed by atoms with E-state index in [4.69, 9.17) is 10.8 Å². The molecule has 7 nitrogen and oxygen atoms in total. The highest BCUT2D eigenvalue weighted by molar-refractivity contribution is 7.80. The summed E-state index contributed by atoms with van der Waals surface area (Å²) in [6.45, 7) is -0.399. The van der Waals surface area contributed by atoms with Crippen LogP contribution >= 0.6 is 12.6 Å². The predicted molar refractivity (Wildman–Crippen MR) is 83.7 cm³/mol. The van der Waals surface area contributed by atoms with Gasteiger partial charge >= 0.3 is 5.97 Å². The van der Waals surface area contributed by atoms with E-state index in [1.54, 1.807) is 24.3 Å². The first-order valence-corrected chi connectivity index (χ1v) is 7.48. The van der Waals surface area contributed by atoms with Crippen molar-refractivity contribution in [1.82, 2.24) is 10.2 Å². The van der Waals surface area contributed by atoms with Crippen LogP contribution in [0.15, 0.2) is 24.3 Å². The molecule has 0 saturated carbocycles. The molecule has 1 aromatic rings. The normalized spacial score (nSPS) is 22.8. The lowest BCUT2D eigenvalue weighted by atomic mass is 10.1. The molecule has 1 heterocycles. The van der Waals surface area contributed by atoms with Crippen molar-refractivity contribution < 1.29 is 19.8 Å². The maximum atomic E-state index is 12.4. The molecule has 0 aliphatic carbocycles. The molecule has 2 rings (SSSR count). The van der Waals surface area contributed by atoms with Crippen molar-refractivity contribution in [3.63, 3.8) is 0 Å². The number of nitrogens with one attached hydrogen (secondary N) is 1. The molecule has 120 valence electrons. The molecule has 5 N–H and O–H groups in total. The Morgan fingerprint density at radius 3 is 2.59 bits per heavy atom. The number of nitrogens with two attached hydrogens (primary N) is 1. The molecule has 1 amide bonds. The third kappa shape index (κ3) is 3.70. The van der Waals surface area contributed by atoms with Crippen LogP contribution in [0.4, 0.5) is 0 Å². The van der Waals surface area contributed by atoms with Gasteiger partial charge in [0.15, 0.2) is 0 Å². The number of phenolic OH excluding ortho intramolecular Hbond substituents is 1. The van der Waals surface area contributed by atoms with Gasteiger partial charge in [-0.2, -0.15) is 12.6 Å². The second kappa shape index (κ2) is 6.99. The number of carbonyl (C=O) groups is 2. The number of hydrogen-bond acceptors (Lipinski definition) is 6. The molecule has 1 fully saturated rings. The van der Waals surface area contributed by atoms with E-state index in [0.717, 1.165) is 5.56 Å². The van der Waals surface area contributed by atoms with Gasteiger partial charge in [-0.3, -0.25) is 14.9 Å². The van der Waals surface area contributed by atoms with Crippen LogP contribution in [0.3, 0.4) is 0 Å². The summed E-state index contributed by atoms with van der Waals surface area (Å²) in [4.78, 5) is 24.6. The zero-order chi connectivity index (χ0) is 16.3. The van der Waals surface area contributed by atoms with Crippen molar-refractivity contribution >= 4 is 24.5 Å². The zero-order valence-electron chi connectivity index (χ0n) is 11.8. The molecule has 3 atom stereocenters. The fourth-order valence-electron chi connectivity index (χ4n) is 2.50. The molecule has 1 aliphatic heterocycles. The minimum absolute atomic E-state index is 0.150. The van der Waals surface area contributed by atoms with Crippen LogP contribution in [0.5, 0.6) is 5.75 Å². The molecule has 8 heteroatoms. The molecule has 1 saturated heterocycles. The molecule has 1 aromatic carbocycles. The van der Waals surface area contributed by atoms with E-state index in [9.17, 15) is 14.7 Å². The highest BCUT2D eigenvalue weighted by Crippen LogP contribution is 2.18. The molecule has 0 aromatic heterocycles. The van der Waals surface area contributed by atoms with E-state index in [0.29, 0.717) is 12.2 Å². The monoisotopic (exact) mass is 325 g/mol. The Hall–Kier alpha value is -1.77. The van der Waals surface area contributed by atoms with Crippen LogP contribution in [0.25, 0.3) is 0 Å². The van der Waals surface area contributed by atoms with Gasteiger partial charge in [0.1, 0.15) is 12.3 Å². The van der Waals surface area contributed by atoms with E-state index < -0.39 is 30.8 Å². The molecule has 1 aliphatic rings. The molecule has 0 radical (unpaired) electrons. The van der Waals surface area contributed by atoms with Crippen molar-refractivity contribution in [1.29, 1.82) is 0 Å². The highest BCUT2D eigenvalue weighted by atomic mass is 32.1. The van der Waals surface area contributed by atoms with Crippen molar-refractivity contribution in [3.05, 3.63) is 29.8 Å². The van der Waals surface area contributed by atoms with Crippen molar-refractivity contribution in [3.8, 4) is 5.75 Å². The van der Waals surface area contributed by atoms with Gasteiger partial charge in [-0.1, -0.05) is 12.1 Å². The van der Waals surface area contributed by atoms with Crippen molar-refractivity contribution in [2.45, 2.75) is 24.7 Å². The smallest absolute Gasteiger partial charge is 0.323 e. The Morgan fingerprint density at radius 1 is 1.41 bits per heavy atom. The van der Waals surface area contributed by atoms with E-state index in [-0.39, 0.29) is 11.7 Å². The Morgan fingerprint density at radius 2 is 2.05 bits per heavy atom. The SMILES string of the molecule is NC(CS)C1NC(Cc2ccc(O)cc2)C(=O)N1CC(=O)O. The summed E-state index contributed by atoms with van der Waals surface area (Å²) in [6, 6.07) is 5.52. The minimum atomic E-state index is -1.09. The Labute approximate surface area is 133 Å². The fourth-order valence-corrected chi connectivity index (χ4v) is 2.69. The van der Waals surface area contributed by atoms with Crippen LogP contribution in [0, 0.1) is 0 Å². The number of aromatic hydroxyl groups is 1. The maximum Gasteiger partial charge on any atom is 0.323 e. The van der Waals surface area contributed by atoms with Crippen molar-refractivity contribution in [2.75, 3.05) is 12.3 Å². The second-order valence-electron chi connectivity index (χ2n) is 5.24. The number of rotatable bonds is 6. The van der Waals surface area contributed by atoms with Crippen LogP contribution in [-0.2, 0) is 16.0 Å². The van der Waals surface area contributed by atoms with Crippen molar-refractivity contribution in [2.24, 2.45) is 5.73 Å². The molecular formula is C14H19N3O4S. The summed E-state index contributed by atoms with van der Waals surface area (Å²) in [5.74, 6) is -0.904. The highest BCUT2D eigenvalue weighted by Gasteiger charge is 2.41. The topological polar surface area (TPSA) is 116 Å². The summed E-state index contributed by atoms with van der Waals surface area (Å²) in [6.07, 6.45) is -0.159. The maximum absolute atomic E-state index is 12.4. The average Bonchev–Trinajstić information content (AvgIpc) is 2.77. The standard InChI is InChI=1S/C14H19N3O4S/c15-10(7-22)13-16-11(14(21)17(13)6-12(19)20)5-8-1-3-9(18)4-2-8/h1-4,10-11,13,16,18,22H,5-7,15H2,(H,19,20). The zero-order valence-corrected chi connectivity index (χ0v) is 12.7. The third-order valence-electron chi connectivity index (χ3n) is 3.59.